The summed E-state index contributed by atoms with van der Waals surface area (Å²) in [6.07, 6.45) is 1.69. The summed E-state index contributed by atoms with van der Waals surface area (Å²) in [5.74, 6) is 0. The molecule has 1 aromatic heterocycles. The summed E-state index contributed by atoms with van der Waals surface area (Å²) in [6.45, 7) is 0.223. The van der Waals surface area contributed by atoms with E-state index in [2.05, 4.69) is 25.6 Å². The Morgan fingerprint density at radius 1 is 1.14 bits per heavy atom. The van der Waals surface area contributed by atoms with Gasteiger partial charge in [0.2, 0.25) is 10.0 Å². The van der Waals surface area contributed by atoms with E-state index in [1.54, 1.807) is 18.2 Å². The summed E-state index contributed by atoms with van der Waals surface area (Å²) in [5.41, 5.74) is 0.882. The van der Waals surface area contributed by atoms with Gasteiger partial charge in [0.1, 0.15) is 10.0 Å². The molecule has 4 nitrogen and oxygen atoms in total. The van der Waals surface area contributed by atoms with Crippen molar-refractivity contribution < 1.29 is 8.42 Å². The molecule has 9 heteroatoms. The molecule has 0 spiro atoms. The summed E-state index contributed by atoms with van der Waals surface area (Å²) in [5, 5.41) is 1.10. The molecule has 1 N–H and O–H groups in total. The van der Waals surface area contributed by atoms with Crippen LogP contribution in [-0.2, 0) is 16.4 Å². The molecule has 22 heavy (non-hydrogen) atoms. The first-order valence-corrected chi connectivity index (χ1v) is 9.45. The lowest BCUT2D eigenvalue weighted by atomic mass is 10.1. The van der Waals surface area contributed by atoms with Gasteiger partial charge >= 0.3 is 0 Å². The zero-order chi connectivity index (χ0) is 16.3. The molecule has 0 fully saturated rings. The lowest BCUT2D eigenvalue weighted by Gasteiger charge is -2.08. The van der Waals surface area contributed by atoms with Gasteiger partial charge in [-0.15, -0.1) is 0 Å². The molecule has 0 atom stereocenters. The van der Waals surface area contributed by atoms with E-state index in [-0.39, 0.29) is 16.6 Å². The Morgan fingerprint density at radius 3 is 2.50 bits per heavy atom. The maximum atomic E-state index is 12.1. The van der Waals surface area contributed by atoms with Crippen molar-refractivity contribution in [3.8, 4) is 0 Å². The predicted molar refractivity (Wildman–Crippen MR) is 92.3 cm³/mol. The van der Waals surface area contributed by atoms with E-state index in [4.69, 9.17) is 34.8 Å². The van der Waals surface area contributed by atoms with Crippen LogP contribution in [0.4, 0.5) is 0 Å². The largest absolute Gasteiger partial charge is 0.242 e. The quantitative estimate of drug-likeness (QED) is 0.699. The van der Waals surface area contributed by atoms with Crippen LogP contribution >= 0.6 is 50.7 Å². The smallest absolute Gasteiger partial charge is 0.242 e. The summed E-state index contributed by atoms with van der Waals surface area (Å²) >= 11 is 20.6. The highest BCUT2D eigenvalue weighted by molar-refractivity contribution is 9.10. The molecular weight excluding hydrogens is 434 g/mol. The standard InChI is InChI=1S/C13H10BrCl3N2O2S/c14-10-6-9(7-18-13(10)17)22(20,21)19-4-3-8-1-2-11(15)12(16)5-8/h1-2,5-7,19H,3-4H2. The third kappa shape index (κ3) is 4.57. The molecule has 2 aromatic rings. The molecule has 0 saturated carbocycles. The summed E-state index contributed by atoms with van der Waals surface area (Å²) < 4.78 is 27.2. The van der Waals surface area contributed by atoms with Crippen LogP contribution in [-0.4, -0.2) is 19.9 Å². The van der Waals surface area contributed by atoms with Crippen molar-refractivity contribution in [3.05, 3.63) is 55.7 Å². The van der Waals surface area contributed by atoms with Crippen LogP contribution in [0.2, 0.25) is 15.2 Å². The van der Waals surface area contributed by atoms with Gasteiger partial charge in [0.15, 0.2) is 0 Å². The third-order valence-corrected chi connectivity index (χ3v) is 6.07. The van der Waals surface area contributed by atoms with Gasteiger partial charge in [-0.2, -0.15) is 0 Å². The highest BCUT2D eigenvalue weighted by atomic mass is 79.9. The zero-order valence-corrected chi connectivity index (χ0v) is 15.7. The fourth-order valence-electron chi connectivity index (χ4n) is 1.66. The minimum atomic E-state index is -3.65. The van der Waals surface area contributed by atoms with Crippen LogP contribution in [0.1, 0.15) is 5.56 Å². The van der Waals surface area contributed by atoms with Crippen LogP contribution in [0.25, 0.3) is 0 Å². The monoisotopic (exact) mass is 442 g/mol. The first-order valence-electron chi connectivity index (χ1n) is 6.04. The van der Waals surface area contributed by atoms with Crippen molar-refractivity contribution in [1.82, 2.24) is 9.71 Å². The number of aromatic nitrogens is 1. The van der Waals surface area contributed by atoms with E-state index < -0.39 is 10.0 Å². The molecule has 0 aliphatic heterocycles. The lowest BCUT2D eigenvalue weighted by Crippen LogP contribution is -2.26. The first-order chi connectivity index (χ1) is 10.3. The third-order valence-electron chi connectivity index (χ3n) is 2.77. The number of pyridine rings is 1. The molecular formula is C13H10BrCl3N2O2S. The summed E-state index contributed by atoms with van der Waals surface area (Å²) in [6, 6.07) is 6.58. The van der Waals surface area contributed by atoms with Crippen LogP contribution < -0.4 is 4.72 Å². The molecule has 0 aliphatic carbocycles. The van der Waals surface area contributed by atoms with E-state index >= 15 is 0 Å². The van der Waals surface area contributed by atoms with Crippen molar-refractivity contribution in [3.63, 3.8) is 0 Å². The number of sulfonamides is 1. The van der Waals surface area contributed by atoms with Crippen LogP contribution in [0.3, 0.4) is 0 Å². The number of benzene rings is 1. The second kappa shape index (κ2) is 7.47. The maximum Gasteiger partial charge on any atom is 0.242 e. The molecule has 0 unspecified atom stereocenters. The van der Waals surface area contributed by atoms with Gasteiger partial charge in [-0.05, 0) is 46.1 Å². The maximum absolute atomic E-state index is 12.1. The van der Waals surface area contributed by atoms with Crippen molar-refractivity contribution in [1.29, 1.82) is 0 Å². The fraction of sp³-hybridized carbons (Fsp3) is 0.154. The zero-order valence-electron chi connectivity index (χ0n) is 11.0. The first kappa shape index (κ1) is 18.0. The molecule has 0 aliphatic rings. The Kier molecular flexibility index (Phi) is 6.10. The average Bonchev–Trinajstić information content (AvgIpc) is 2.45. The predicted octanol–water partition coefficient (Wildman–Crippen LogP) is 4.33. The SMILES string of the molecule is O=S(=O)(NCCc1ccc(Cl)c(Cl)c1)c1cnc(Cl)c(Br)c1. The van der Waals surface area contributed by atoms with Gasteiger partial charge in [-0.3, -0.25) is 0 Å². The molecule has 1 heterocycles. The molecule has 1 aromatic carbocycles. The van der Waals surface area contributed by atoms with Gasteiger partial charge in [0, 0.05) is 12.7 Å². The summed E-state index contributed by atoms with van der Waals surface area (Å²) in [4.78, 5) is 3.84. The molecule has 0 radical (unpaired) electrons. The molecule has 2 rings (SSSR count). The van der Waals surface area contributed by atoms with Crippen LogP contribution in [0, 0.1) is 0 Å². The van der Waals surface area contributed by atoms with Gasteiger partial charge < -0.3 is 0 Å². The number of hydrogen-bond acceptors (Lipinski definition) is 3. The van der Waals surface area contributed by atoms with Gasteiger partial charge in [-0.25, -0.2) is 18.1 Å². The van der Waals surface area contributed by atoms with E-state index in [1.807, 2.05) is 0 Å². The topological polar surface area (TPSA) is 59.1 Å². The van der Waals surface area contributed by atoms with Gasteiger partial charge in [0.05, 0.1) is 14.5 Å². The van der Waals surface area contributed by atoms with E-state index in [0.29, 0.717) is 20.9 Å². The van der Waals surface area contributed by atoms with Crippen LogP contribution in [0.5, 0.6) is 0 Å². The second-order valence-electron chi connectivity index (χ2n) is 4.34. The molecule has 0 bridgehead atoms. The number of nitrogens with one attached hydrogen (secondary N) is 1. The average molecular weight is 445 g/mol. The normalized spacial score (nSPS) is 11.6. The lowest BCUT2D eigenvalue weighted by molar-refractivity contribution is 0.581. The van der Waals surface area contributed by atoms with Crippen molar-refractivity contribution in [2.75, 3.05) is 6.54 Å². The minimum absolute atomic E-state index is 0.0397. The fourth-order valence-corrected chi connectivity index (χ4v) is 3.59. The molecule has 0 saturated heterocycles. The van der Waals surface area contributed by atoms with E-state index in [0.717, 1.165) is 5.56 Å². The Labute approximate surface area is 152 Å². The molecule has 0 amide bonds. The van der Waals surface area contributed by atoms with Gasteiger partial charge in [0.25, 0.3) is 0 Å². The van der Waals surface area contributed by atoms with Crippen molar-refractivity contribution in [2.24, 2.45) is 0 Å². The highest BCUT2D eigenvalue weighted by Crippen LogP contribution is 2.24. The highest BCUT2D eigenvalue weighted by Gasteiger charge is 2.15. The van der Waals surface area contributed by atoms with E-state index in [1.165, 1.54) is 12.3 Å². The Balaban J connectivity index is 2.03. The Hall–Kier alpha value is -0.370. The minimum Gasteiger partial charge on any atom is -0.242 e. The second-order valence-corrected chi connectivity index (χ2v) is 8.13. The van der Waals surface area contributed by atoms with Crippen LogP contribution in [0.15, 0.2) is 39.8 Å². The van der Waals surface area contributed by atoms with E-state index in [9.17, 15) is 8.42 Å². The number of rotatable bonds is 5. The number of halogens is 4. The number of hydrogen-bond donors (Lipinski definition) is 1. The summed E-state index contributed by atoms with van der Waals surface area (Å²) in [7, 11) is -3.65. The van der Waals surface area contributed by atoms with Crippen molar-refractivity contribution in [2.45, 2.75) is 11.3 Å². The Morgan fingerprint density at radius 2 is 1.86 bits per heavy atom. The number of nitrogens with zero attached hydrogens (tertiary/aromatic N) is 1. The molecule has 118 valence electrons. The Bertz CT molecular complexity index is 800. The van der Waals surface area contributed by atoms with Crippen molar-refractivity contribution >= 4 is 60.8 Å². The van der Waals surface area contributed by atoms with Gasteiger partial charge in [-0.1, -0.05) is 40.9 Å².